The molecule has 0 atom stereocenters. The number of para-hydroxylation sites is 1. The molecule has 6 nitrogen and oxygen atoms in total. The molecule has 172 valence electrons. The van der Waals surface area contributed by atoms with Crippen LogP contribution in [0, 0.1) is 6.92 Å². The van der Waals surface area contributed by atoms with E-state index in [2.05, 4.69) is 58.4 Å². The van der Waals surface area contributed by atoms with E-state index in [1.54, 1.807) is 7.11 Å². The Bertz CT molecular complexity index is 1300. The van der Waals surface area contributed by atoms with E-state index in [0.717, 1.165) is 70.8 Å². The summed E-state index contributed by atoms with van der Waals surface area (Å²) in [5.74, 6) is 2.56. The number of hydrogen-bond donors (Lipinski definition) is 1. The number of benzene rings is 3. The van der Waals surface area contributed by atoms with Crippen LogP contribution in [0.3, 0.4) is 0 Å². The van der Waals surface area contributed by atoms with Crippen molar-refractivity contribution in [2.24, 2.45) is 0 Å². The number of aromatic nitrogens is 2. The summed E-state index contributed by atoms with van der Waals surface area (Å²) in [5, 5.41) is 5.15. The predicted octanol–water partition coefficient (Wildman–Crippen LogP) is 5.13. The number of thiocarbonyl (C=S) groups is 1. The van der Waals surface area contributed by atoms with Crippen molar-refractivity contribution < 1.29 is 4.74 Å². The molecule has 2 heterocycles. The third kappa shape index (κ3) is 4.65. The number of rotatable bonds is 4. The zero-order valence-electron chi connectivity index (χ0n) is 19.4. The quantitative estimate of drug-likeness (QED) is 0.416. The Labute approximate surface area is 205 Å². The lowest BCUT2D eigenvalue weighted by molar-refractivity contribution is 0.390. The van der Waals surface area contributed by atoms with Crippen LogP contribution in [0.2, 0.25) is 0 Å². The normalized spacial score (nSPS) is 13.7. The lowest BCUT2D eigenvalue weighted by Gasteiger charge is -2.37. The Morgan fingerprint density at radius 2 is 1.59 bits per heavy atom. The molecule has 5 rings (SSSR count). The topological polar surface area (TPSA) is 53.5 Å². The van der Waals surface area contributed by atoms with Crippen LogP contribution in [0.15, 0.2) is 72.8 Å². The van der Waals surface area contributed by atoms with Crippen LogP contribution in [-0.2, 0) is 0 Å². The third-order valence-corrected chi connectivity index (χ3v) is 6.46. The molecule has 0 unspecified atom stereocenters. The van der Waals surface area contributed by atoms with E-state index < -0.39 is 0 Å². The first-order valence-electron chi connectivity index (χ1n) is 11.4. The molecule has 1 N–H and O–H groups in total. The predicted molar refractivity (Wildman–Crippen MR) is 143 cm³/mol. The molecule has 7 heteroatoms. The van der Waals surface area contributed by atoms with E-state index >= 15 is 0 Å². The highest BCUT2D eigenvalue weighted by atomic mass is 32.1. The van der Waals surface area contributed by atoms with E-state index in [1.807, 2.05) is 36.4 Å². The Morgan fingerprint density at radius 3 is 2.29 bits per heavy atom. The largest absolute Gasteiger partial charge is 0.497 e. The van der Waals surface area contributed by atoms with Crippen molar-refractivity contribution >= 4 is 39.7 Å². The molecule has 4 aromatic rings. The molecule has 0 amide bonds. The van der Waals surface area contributed by atoms with Gasteiger partial charge >= 0.3 is 0 Å². The summed E-state index contributed by atoms with van der Waals surface area (Å²) in [6.07, 6.45) is 0. The summed E-state index contributed by atoms with van der Waals surface area (Å²) >= 11 is 5.68. The second-order valence-corrected chi connectivity index (χ2v) is 8.77. The molecule has 1 aromatic heterocycles. The number of hydrogen-bond acceptors (Lipinski definition) is 5. The van der Waals surface area contributed by atoms with Crippen molar-refractivity contribution in [1.29, 1.82) is 0 Å². The van der Waals surface area contributed by atoms with Gasteiger partial charge in [-0.1, -0.05) is 42.0 Å². The number of aryl methyl sites for hydroxylation is 1. The fraction of sp³-hybridized carbons (Fsp3) is 0.222. The lowest BCUT2D eigenvalue weighted by atomic mass is 10.1. The molecule has 34 heavy (non-hydrogen) atoms. The minimum absolute atomic E-state index is 0.734. The number of ether oxygens (including phenoxy) is 1. The summed E-state index contributed by atoms with van der Waals surface area (Å²) in [6.45, 7) is 5.39. The van der Waals surface area contributed by atoms with E-state index in [1.165, 1.54) is 5.56 Å². The fourth-order valence-electron chi connectivity index (χ4n) is 4.13. The zero-order chi connectivity index (χ0) is 23.5. The van der Waals surface area contributed by atoms with Gasteiger partial charge in [0.05, 0.1) is 12.6 Å². The average Bonchev–Trinajstić information content (AvgIpc) is 2.89. The number of piperazine rings is 1. The van der Waals surface area contributed by atoms with Crippen molar-refractivity contribution in [3.8, 4) is 17.1 Å². The maximum absolute atomic E-state index is 5.68. The smallest absolute Gasteiger partial charge is 0.173 e. The Balaban J connectivity index is 1.33. The number of methoxy groups -OCH3 is 1. The standard InChI is InChI=1S/C27H27N5OS/c1-19-7-9-20(10-8-19)25-29-24-6-4-3-5-23(24)26(30-25)31-15-17-32(18-16-31)27(34)28-21-11-13-22(33-2)14-12-21/h3-14H,15-18H2,1-2H3,(H,28,34). The maximum atomic E-state index is 5.68. The first-order valence-corrected chi connectivity index (χ1v) is 11.8. The molecular formula is C27H27N5OS. The molecule has 1 fully saturated rings. The molecule has 1 aliphatic rings. The summed E-state index contributed by atoms with van der Waals surface area (Å²) < 4.78 is 5.23. The van der Waals surface area contributed by atoms with Crippen molar-refractivity contribution in [2.45, 2.75) is 6.92 Å². The van der Waals surface area contributed by atoms with E-state index in [0.29, 0.717) is 0 Å². The summed E-state index contributed by atoms with van der Waals surface area (Å²) in [5.41, 5.74) is 4.17. The number of nitrogens with one attached hydrogen (secondary N) is 1. The fourth-order valence-corrected chi connectivity index (χ4v) is 4.43. The van der Waals surface area contributed by atoms with Crippen molar-refractivity contribution in [2.75, 3.05) is 43.5 Å². The second-order valence-electron chi connectivity index (χ2n) is 8.39. The van der Waals surface area contributed by atoms with Gasteiger partial charge in [-0.15, -0.1) is 0 Å². The molecule has 0 bridgehead atoms. The molecule has 3 aromatic carbocycles. The Hall–Kier alpha value is -3.71. The summed E-state index contributed by atoms with van der Waals surface area (Å²) in [6, 6.07) is 24.4. The molecule has 1 aliphatic heterocycles. The van der Waals surface area contributed by atoms with Gasteiger partial charge in [0.2, 0.25) is 0 Å². The Kier molecular flexibility index (Phi) is 6.27. The third-order valence-electron chi connectivity index (χ3n) is 6.10. The first-order chi connectivity index (χ1) is 16.6. The monoisotopic (exact) mass is 469 g/mol. The van der Waals surface area contributed by atoms with Crippen LogP contribution in [0.25, 0.3) is 22.3 Å². The van der Waals surface area contributed by atoms with E-state index in [9.17, 15) is 0 Å². The van der Waals surface area contributed by atoms with Gasteiger partial charge in [0, 0.05) is 42.8 Å². The van der Waals surface area contributed by atoms with Gasteiger partial charge in [-0.3, -0.25) is 0 Å². The van der Waals surface area contributed by atoms with Gasteiger partial charge in [0.15, 0.2) is 10.9 Å². The highest BCUT2D eigenvalue weighted by Crippen LogP contribution is 2.28. The van der Waals surface area contributed by atoms with Crippen LogP contribution in [0.4, 0.5) is 11.5 Å². The van der Waals surface area contributed by atoms with Gasteiger partial charge in [-0.2, -0.15) is 0 Å². The SMILES string of the molecule is COc1ccc(NC(=S)N2CCN(c3nc(-c4ccc(C)cc4)nc4ccccc34)CC2)cc1. The highest BCUT2D eigenvalue weighted by Gasteiger charge is 2.22. The van der Waals surface area contributed by atoms with Gasteiger partial charge in [0.25, 0.3) is 0 Å². The summed E-state index contributed by atoms with van der Waals surface area (Å²) in [7, 11) is 1.66. The summed E-state index contributed by atoms with van der Waals surface area (Å²) in [4.78, 5) is 14.4. The van der Waals surface area contributed by atoms with E-state index in [4.69, 9.17) is 26.9 Å². The molecule has 0 radical (unpaired) electrons. The zero-order valence-corrected chi connectivity index (χ0v) is 20.2. The number of fused-ring (bicyclic) bond motifs is 1. The molecule has 1 saturated heterocycles. The second kappa shape index (κ2) is 9.65. The maximum Gasteiger partial charge on any atom is 0.173 e. The van der Waals surface area contributed by atoms with Gasteiger partial charge in [0.1, 0.15) is 11.6 Å². The van der Waals surface area contributed by atoms with E-state index in [-0.39, 0.29) is 0 Å². The average molecular weight is 470 g/mol. The first kappa shape index (κ1) is 22.1. The minimum Gasteiger partial charge on any atom is -0.497 e. The molecule has 0 spiro atoms. The minimum atomic E-state index is 0.734. The highest BCUT2D eigenvalue weighted by molar-refractivity contribution is 7.80. The number of anilines is 2. The Morgan fingerprint density at radius 1 is 0.882 bits per heavy atom. The van der Waals surface area contributed by atoms with Crippen molar-refractivity contribution in [3.63, 3.8) is 0 Å². The number of nitrogens with zero attached hydrogens (tertiary/aromatic N) is 4. The van der Waals surface area contributed by atoms with Crippen molar-refractivity contribution in [3.05, 3.63) is 78.4 Å². The van der Waals surface area contributed by atoms with Crippen LogP contribution in [0.1, 0.15) is 5.56 Å². The van der Waals surface area contributed by atoms with Crippen LogP contribution in [-0.4, -0.2) is 53.3 Å². The lowest BCUT2D eigenvalue weighted by Crippen LogP contribution is -2.50. The van der Waals surface area contributed by atoms with Gasteiger partial charge in [-0.25, -0.2) is 9.97 Å². The molecule has 0 saturated carbocycles. The molecular weight excluding hydrogens is 442 g/mol. The van der Waals surface area contributed by atoms with Crippen LogP contribution >= 0.6 is 12.2 Å². The van der Waals surface area contributed by atoms with Gasteiger partial charge < -0.3 is 19.9 Å². The van der Waals surface area contributed by atoms with Crippen LogP contribution < -0.4 is 15.0 Å². The van der Waals surface area contributed by atoms with Crippen molar-refractivity contribution in [1.82, 2.24) is 14.9 Å². The molecule has 0 aliphatic carbocycles. The van der Waals surface area contributed by atoms with Gasteiger partial charge in [-0.05, 0) is 55.5 Å². The van der Waals surface area contributed by atoms with Crippen LogP contribution in [0.5, 0.6) is 5.75 Å².